The first kappa shape index (κ1) is 16.4. The molecule has 0 bridgehead atoms. The SMILES string of the molecule is CCC(CC)CS(=O)(=O)NC1CCCCC1C(N)=O. The Balaban J connectivity index is 2.67. The summed E-state index contributed by atoms with van der Waals surface area (Å²) in [7, 11) is -3.33. The zero-order valence-electron chi connectivity index (χ0n) is 11.9. The summed E-state index contributed by atoms with van der Waals surface area (Å²) in [4.78, 5) is 11.4. The molecule has 1 aliphatic rings. The van der Waals surface area contributed by atoms with Crippen molar-refractivity contribution in [2.75, 3.05) is 5.75 Å². The highest BCUT2D eigenvalue weighted by atomic mass is 32.2. The van der Waals surface area contributed by atoms with Crippen LogP contribution in [0.25, 0.3) is 0 Å². The minimum absolute atomic E-state index is 0.141. The lowest BCUT2D eigenvalue weighted by Crippen LogP contribution is -2.48. The Bertz CT molecular complexity index is 391. The van der Waals surface area contributed by atoms with Crippen LogP contribution < -0.4 is 10.5 Å². The van der Waals surface area contributed by atoms with E-state index in [0.29, 0.717) is 12.8 Å². The van der Waals surface area contributed by atoms with Crippen LogP contribution in [0.2, 0.25) is 0 Å². The second-order valence-electron chi connectivity index (χ2n) is 5.48. The molecule has 1 amide bonds. The number of carbonyl (C=O) groups is 1. The Morgan fingerprint density at radius 3 is 2.37 bits per heavy atom. The number of hydrogen-bond donors (Lipinski definition) is 2. The Kier molecular flexibility index (Phi) is 6.26. The third-order valence-electron chi connectivity index (χ3n) is 4.07. The maximum absolute atomic E-state index is 12.1. The van der Waals surface area contributed by atoms with Gasteiger partial charge in [-0.3, -0.25) is 4.79 Å². The Labute approximate surface area is 116 Å². The molecule has 1 aliphatic carbocycles. The van der Waals surface area contributed by atoms with Crippen LogP contribution in [0.15, 0.2) is 0 Å². The number of primary amides is 1. The standard InChI is InChI=1S/C13H26N2O3S/c1-3-10(4-2)9-19(17,18)15-12-8-6-5-7-11(12)13(14)16/h10-12,15H,3-9H2,1-2H3,(H2,14,16). The third-order valence-corrected chi connectivity index (χ3v) is 5.64. The van der Waals surface area contributed by atoms with Crippen LogP contribution in [0.5, 0.6) is 0 Å². The molecular weight excluding hydrogens is 264 g/mol. The molecule has 2 atom stereocenters. The van der Waals surface area contributed by atoms with Gasteiger partial charge in [-0.1, -0.05) is 39.5 Å². The van der Waals surface area contributed by atoms with Crippen LogP contribution in [0.4, 0.5) is 0 Å². The quantitative estimate of drug-likeness (QED) is 0.742. The number of nitrogens with one attached hydrogen (secondary N) is 1. The average molecular weight is 290 g/mol. The van der Waals surface area contributed by atoms with Gasteiger partial charge >= 0.3 is 0 Å². The lowest BCUT2D eigenvalue weighted by molar-refractivity contribution is -0.123. The lowest BCUT2D eigenvalue weighted by Gasteiger charge is -2.30. The van der Waals surface area contributed by atoms with Gasteiger partial charge in [-0.2, -0.15) is 0 Å². The molecular formula is C13H26N2O3S. The van der Waals surface area contributed by atoms with E-state index in [2.05, 4.69) is 4.72 Å². The van der Waals surface area contributed by atoms with E-state index in [4.69, 9.17) is 5.73 Å². The van der Waals surface area contributed by atoms with Crippen LogP contribution in [-0.2, 0) is 14.8 Å². The fourth-order valence-electron chi connectivity index (χ4n) is 2.73. The monoisotopic (exact) mass is 290 g/mol. The van der Waals surface area contributed by atoms with Crippen LogP contribution >= 0.6 is 0 Å². The molecule has 5 nitrogen and oxygen atoms in total. The molecule has 19 heavy (non-hydrogen) atoms. The van der Waals surface area contributed by atoms with Crippen LogP contribution in [-0.4, -0.2) is 26.1 Å². The number of carbonyl (C=O) groups excluding carboxylic acids is 1. The van der Waals surface area contributed by atoms with Crippen LogP contribution in [0.1, 0.15) is 52.4 Å². The van der Waals surface area contributed by atoms with E-state index < -0.39 is 15.9 Å². The summed E-state index contributed by atoms with van der Waals surface area (Å²) in [5.41, 5.74) is 5.36. The summed E-state index contributed by atoms with van der Waals surface area (Å²) in [5, 5.41) is 0. The van der Waals surface area contributed by atoms with E-state index >= 15 is 0 Å². The summed E-state index contributed by atoms with van der Waals surface area (Å²) in [5.74, 6) is -0.435. The molecule has 1 saturated carbocycles. The molecule has 3 N–H and O–H groups in total. The third kappa shape index (κ3) is 5.10. The molecule has 0 aromatic rings. The van der Waals surface area contributed by atoms with Crippen LogP contribution in [0.3, 0.4) is 0 Å². The molecule has 0 aromatic carbocycles. The van der Waals surface area contributed by atoms with E-state index in [-0.39, 0.29) is 23.6 Å². The van der Waals surface area contributed by atoms with Crippen molar-refractivity contribution in [2.45, 2.75) is 58.4 Å². The number of amides is 1. The molecule has 0 radical (unpaired) electrons. The van der Waals surface area contributed by atoms with Crippen molar-refractivity contribution in [3.8, 4) is 0 Å². The van der Waals surface area contributed by atoms with Gasteiger partial charge in [0, 0.05) is 6.04 Å². The van der Waals surface area contributed by atoms with Gasteiger partial charge in [0.25, 0.3) is 0 Å². The predicted molar refractivity (Wildman–Crippen MR) is 75.9 cm³/mol. The molecule has 0 heterocycles. The highest BCUT2D eigenvalue weighted by Gasteiger charge is 2.32. The van der Waals surface area contributed by atoms with Gasteiger partial charge in [0.05, 0.1) is 11.7 Å². The maximum atomic E-state index is 12.1. The van der Waals surface area contributed by atoms with Crippen molar-refractivity contribution >= 4 is 15.9 Å². The minimum Gasteiger partial charge on any atom is -0.369 e. The van der Waals surface area contributed by atoms with E-state index in [9.17, 15) is 13.2 Å². The van der Waals surface area contributed by atoms with Crippen LogP contribution in [0, 0.1) is 11.8 Å². The fourth-order valence-corrected chi connectivity index (χ4v) is 4.66. The second kappa shape index (κ2) is 7.24. The van der Waals surface area contributed by atoms with Crippen molar-refractivity contribution in [1.29, 1.82) is 0 Å². The molecule has 1 fully saturated rings. The van der Waals surface area contributed by atoms with E-state index in [0.717, 1.165) is 25.7 Å². The van der Waals surface area contributed by atoms with Gasteiger partial charge in [-0.15, -0.1) is 0 Å². The fraction of sp³-hybridized carbons (Fsp3) is 0.923. The largest absolute Gasteiger partial charge is 0.369 e. The van der Waals surface area contributed by atoms with Crippen molar-refractivity contribution in [3.05, 3.63) is 0 Å². The number of sulfonamides is 1. The number of nitrogens with two attached hydrogens (primary N) is 1. The Hall–Kier alpha value is -0.620. The normalized spacial score (nSPS) is 24.6. The number of hydrogen-bond acceptors (Lipinski definition) is 3. The summed E-state index contributed by atoms with van der Waals surface area (Å²) in [6.45, 7) is 3.99. The molecule has 112 valence electrons. The average Bonchev–Trinajstić information content (AvgIpc) is 2.35. The zero-order valence-corrected chi connectivity index (χ0v) is 12.7. The Morgan fingerprint density at radius 1 is 1.26 bits per heavy atom. The van der Waals surface area contributed by atoms with Gasteiger partial charge in [0.15, 0.2) is 0 Å². The molecule has 6 heteroatoms. The summed E-state index contributed by atoms with van der Waals surface area (Å²) < 4.78 is 27.0. The van der Waals surface area contributed by atoms with Gasteiger partial charge in [-0.25, -0.2) is 13.1 Å². The topological polar surface area (TPSA) is 89.3 Å². The molecule has 0 saturated heterocycles. The van der Waals surface area contributed by atoms with Crippen molar-refractivity contribution in [3.63, 3.8) is 0 Å². The van der Waals surface area contributed by atoms with E-state index in [1.807, 2.05) is 13.8 Å². The van der Waals surface area contributed by atoms with Gasteiger partial charge in [0.2, 0.25) is 15.9 Å². The van der Waals surface area contributed by atoms with E-state index in [1.54, 1.807) is 0 Å². The summed E-state index contributed by atoms with van der Waals surface area (Å²) in [6.07, 6.45) is 4.98. The van der Waals surface area contributed by atoms with Crippen molar-refractivity contribution in [2.24, 2.45) is 17.6 Å². The Morgan fingerprint density at radius 2 is 1.84 bits per heavy atom. The molecule has 2 unspecified atom stereocenters. The highest BCUT2D eigenvalue weighted by Crippen LogP contribution is 2.25. The number of rotatable bonds is 7. The van der Waals surface area contributed by atoms with Gasteiger partial charge in [0.1, 0.15) is 0 Å². The first-order valence-corrected chi connectivity index (χ1v) is 8.84. The van der Waals surface area contributed by atoms with Crippen molar-refractivity contribution < 1.29 is 13.2 Å². The smallest absolute Gasteiger partial charge is 0.222 e. The molecule has 0 spiro atoms. The molecule has 0 aliphatic heterocycles. The van der Waals surface area contributed by atoms with Crippen molar-refractivity contribution in [1.82, 2.24) is 4.72 Å². The van der Waals surface area contributed by atoms with E-state index in [1.165, 1.54) is 0 Å². The second-order valence-corrected chi connectivity index (χ2v) is 7.28. The maximum Gasteiger partial charge on any atom is 0.222 e. The summed E-state index contributed by atoms with van der Waals surface area (Å²) >= 11 is 0. The van der Waals surface area contributed by atoms with Gasteiger partial charge < -0.3 is 5.73 Å². The zero-order chi connectivity index (χ0) is 14.5. The van der Waals surface area contributed by atoms with Gasteiger partial charge in [-0.05, 0) is 18.8 Å². The first-order valence-electron chi connectivity index (χ1n) is 7.19. The first-order chi connectivity index (χ1) is 8.89. The lowest BCUT2D eigenvalue weighted by atomic mass is 9.85. The molecule has 0 aromatic heterocycles. The predicted octanol–water partition coefficient (Wildman–Crippen LogP) is 1.39. The molecule has 1 rings (SSSR count). The summed E-state index contributed by atoms with van der Waals surface area (Å²) in [6, 6.07) is -0.314. The minimum atomic E-state index is -3.33. The highest BCUT2D eigenvalue weighted by molar-refractivity contribution is 7.89.